The van der Waals surface area contributed by atoms with Gasteiger partial charge in [-0.25, -0.2) is 26.0 Å². The molecule has 1 rings (SSSR count). The van der Waals surface area contributed by atoms with E-state index in [0.717, 1.165) is 0 Å². The molecule has 0 spiro atoms. The Morgan fingerprint density at radius 2 is 1.50 bits per heavy atom. The summed E-state index contributed by atoms with van der Waals surface area (Å²) in [4.78, 5) is -1.70. The van der Waals surface area contributed by atoms with Crippen LogP contribution < -0.4 is 0 Å². The van der Waals surface area contributed by atoms with Gasteiger partial charge in [0.1, 0.15) is 5.82 Å². The molecule has 78 valence electrons. The lowest BCUT2D eigenvalue weighted by Crippen LogP contribution is -2.04. The normalized spacial score (nSPS) is 11.8. The molecule has 0 saturated heterocycles. The van der Waals surface area contributed by atoms with Crippen molar-refractivity contribution in [2.24, 2.45) is 0 Å². The van der Waals surface area contributed by atoms with Gasteiger partial charge in [0.25, 0.3) is 9.05 Å². The summed E-state index contributed by atoms with van der Waals surface area (Å²) in [6.45, 7) is 0. The van der Waals surface area contributed by atoms with Crippen LogP contribution in [0.1, 0.15) is 0 Å². The Hall–Kier alpha value is -0.820. The number of benzene rings is 1. The Morgan fingerprint density at radius 3 is 1.93 bits per heavy atom. The highest BCUT2D eigenvalue weighted by atomic mass is 35.7. The third kappa shape index (κ3) is 1.83. The molecule has 14 heavy (non-hydrogen) atoms. The zero-order valence-corrected chi connectivity index (χ0v) is 7.76. The van der Waals surface area contributed by atoms with E-state index in [1.807, 2.05) is 0 Å². The Kier molecular flexibility index (Phi) is 2.73. The van der Waals surface area contributed by atoms with Crippen molar-refractivity contribution in [3.8, 4) is 0 Å². The van der Waals surface area contributed by atoms with Crippen LogP contribution in [0.5, 0.6) is 0 Å². The molecule has 0 amide bonds. The Bertz CT molecular complexity index is 485. The van der Waals surface area contributed by atoms with Crippen LogP contribution in [0.25, 0.3) is 0 Å². The first-order valence-electron chi connectivity index (χ1n) is 3.03. The van der Waals surface area contributed by atoms with Crippen molar-refractivity contribution < 1.29 is 26.0 Å². The van der Waals surface area contributed by atoms with Crippen LogP contribution in [0.3, 0.4) is 0 Å². The maximum absolute atomic E-state index is 12.7. The first kappa shape index (κ1) is 11.3. The van der Waals surface area contributed by atoms with Crippen molar-refractivity contribution in [1.82, 2.24) is 0 Å². The highest BCUT2D eigenvalue weighted by Gasteiger charge is 2.27. The number of rotatable bonds is 1. The van der Waals surface area contributed by atoms with E-state index in [-0.39, 0.29) is 6.07 Å². The van der Waals surface area contributed by atoms with E-state index in [2.05, 4.69) is 10.7 Å². The third-order valence-electron chi connectivity index (χ3n) is 1.32. The van der Waals surface area contributed by atoms with Crippen LogP contribution in [-0.4, -0.2) is 8.42 Å². The molecule has 2 nitrogen and oxygen atoms in total. The molecule has 0 atom stereocenters. The summed E-state index contributed by atoms with van der Waals surface area (Å²) in [5.41, 5.74) is 0. The molecule has 0 heterocycles. The Morgan fingerprint density at radius 1 is 1.00 bits per heavy atom. The van der Waals surface area contributed by atoms with E-state index in [4.69, 9.17) is 0 Å². The minimum atomic E-state index is -4.79. The first-order valence-corrected chi connectivity index (χ1v) is 5.33. The molecule has 0 bridgehead atoms. The summed E-state index contributed by atoms with van der Waals surface area (Å²) in [5, 5.41) is 0. The molecule has 0 aromatic heterocycles. The molecule has 8 heteroatoms. The van der Waals surface area contributed by atoms with Crippen molar-refractivity contribution in [1.29, 1.82) is 0 Å². The maximum Gasteiger partial charge on any atom is 0.267 e. The molecule has 0 N–H and O–H groups in total. The van der Waals surface area contributed by atoms with Gasteiger partial charge in [0.05, 0.1) is 0 Å². The molecule has 0 radical (unpaired) electrons. The average molecular weight is 249 g/mol. The van der Waals surface area contributed by atoms with Crippen LogP contribution in [0, 0.1) is 23.3 Å². The molecular weight excluding hydrogens is 248 g/mol. The van der Waals surface area contributed by atoms with Gasteiger partial charge in [-0.2, -0.15) is 0 Å². The van der Waals surface area contributed by atoms with Crippen molar-refractivity contribution in [3.63, 3.8) is 0 Å². The summed E-state index contributed by atoms with van der Waals surface area (Å²) in [6.07, 6.45) is 0. The standard InChI is InChI=1S/C6HClF4O2S/c7-14(12,13)6-3(9)1-2(8)4(10)5(6)11/h1H. The van der Waals surface area contributed by atoms with Crippen LogP contribution in [0.15, 0.2) is 11.0 Å². The van der Waals surface area contributed by atoms with Crippen LogP contribution in [-0.2, 0) is 9.05 Å². The molecule has 0 unspecified atom stereocenters. The summed E-state index contributed by atoms with van der Waals surface area (Å²) in [5.74, 6) is -7.87. The second-order valence-electron chi connectivity index (χ2n) is 2.24. The number of halogens is 5. The molecule has 1 aromatic rings. The van der Waals surface area contributed by atoms with E-state index in [0.29, 0.717) is 0 Å². The van der Waals surface area contributed by atoms with Gasteiger partial charge in [-0.05, 0) is 0 Å². The predicted octanol–water partition coefficient (Wildman–Crippen LogP) is 2.17. The topological polar surface area (TPSA) is 34.1 Å². The largest absolute Gasteiger partial charge is 0.267 e. The fraction of sp³-hybridized carbons (Fsp3) is 0. The molecule has 0 fully saturated rings. The van der Waals surface area contributed by atoms with Gasteiger partial charge >= 0.3 is 0 Å². The molecular formula is C6HClF4O2S. The fourth-order valence-corrected chi connectivity index (χ4v) is 1.79. The zero-order valence-electron chi connectivity index (χ0n) is 6.19. The lowest BCUT2D eigenvalue weighted by atomic mass is 10.3. The van der Waals surface area contributed by atoms with Crippen molar-refractivity contribution >= 4 is 19.7 Å². The van der Waals surface area contributed by atoms with Crippen LogP contribution in [0.4, 0.5) is 17.6 Å². The predicted molar refractivity (Wildman–Crippen MR) is 39.3 cm³/mol. The van der Waals surface area contributed by atoms with Crippen molar-refractivity contribution in [2.75, 3.05) is 0 Å². The van der Waals surface area contributed by atoms with Gasteiger partial charge in [0, 0.05) is 16.7 Å². The third-order valence-corrected chi connectivity index (χ3v) is 2.64. The SMILES string of the molecule is O=S(=O)(Cl)c1c(F)cc(F)c(F)c1F. The van der Waals surface area contributed by atoms with Gasteiger partial charge in [0.2, 0.25) is 0 Å². The average Bonchev–Trinajstić information content (AvgIpc) is 1.97. The maximum atomic E-state index is 12.7. The van der Waals surface area contributed by atoms with Gasteiger partial charge < -0.3 is 0 Å². The molecule has 0 saturated carbocycles. The van der Waals surface area contributed by atoms with Gasteiger partial charge in [0.15, 0.2) is 22.3 Å². The Balaban J connectivity index is 3.70. The smallest absolute Gasteiger partial charge is 0.207 e. The summed E-state index contributed by atoms with van der Waals surface area (Å²) in [6, 6.07) is -0.103. The minimum Gasteiger partial charge on any atom is -0.207 e. The summed E-state index contributed by atoms with van der Waals surface area (Å²) in [7, 11) is -0.191. The van der Waals surface area contributed by atoms with E-state index in [1.54, 1.807) is 0 Å². The zero-order chi connectivity index (χ0) is 11.1. The molecule has 0 aliphatic carbocycles. The van der Waals surface area contributed by atoms with E-state index in [9.17, 15) is 26.0 Å². The summed E-state index contributed by atoms with van der Waals surface area (Å²) < 4.78 is 71.2. The minimum absolute atomic E-state index is 0.103. The first-order chi connectivity index (χ1) is 6.25. The van der Waals surface area contributed by atoms with Gasteiger partial charge in [-0.15, -0.1) is 0 Å². The van der Waals surface area contributed by atoms with Gasteiger partial charge in [-0.1, -0.05) is 0 Å². The van der Waals surface area contributed by atoms with Crippen molar-refractivity contribution in [2.45, 2.75) is 4.90 Å². The van der Waals surface area contributed by atoms with E-state index in [1.165, 1.54) is 0 Å². The highest BCUT2D eigenvalue weighted by molar-refractivity contribution is 8.13. The number of hydrogen-bond acceptors (Lipinski definition) is 2. The molecule has 0 aliphatic rings. The number of hydrogen-bond donors (Lipinski definition) is 0. The highest BCUT2D eigenvalue weighted by Crippen LogP contribution is 2.25. The lowest BCUT2D eigenvalue weighted by molar-refractivity contribution is 0.412. The van der Waals surface area contributed by atoms with Gasteiger partial charge in [-0.3, -0.25) is 0 Å². The molecule has 0 aliphatic heterocycles. The van der Waals surface area contributed by atoms with Crippen molar-refractivity contribution in [3.05, 3.63) is 29.3 Å². The van der Waals surface area contributed by atoms with E-state index >= 15 is 0 Å². The molecule has 1 aromatic carbocycles. The summed E-state index contributed by atoms with van der Waals surface area (Å²) >= 11 is 0. The second kappa shape index (κ2) is 3.39. The quantitative estimate of drug-likeness (QED) is 0.330. The lowest BCUT2D eigenvalue weighted by Gasteiger charge is -2.02. The van der Waals surface area contributed by atoms with E-state index < -0.39 is 37.2 Å². The van der Waals surface area contributed by atoms with Crippen LogP contribution in [0.2, 0.25) is 0 Å². The second-order valence-corrected chi connectivity index (χ2v) is 4.74. The fourth-order valence-electron chi connectivity index (χ4n) is 0.773. The monoisotopic (exact) mass is 248 g/mol. The Labute approximate surface area is 80.5 Å². The van der Waals surface area contributed by atoms with Crippen LogP contribution >= 0.6 is 10.7 Å².